The molecule has 0 saturated carbocycles. The molecule has 0 bridgehead atoms. The summed E-state index contributed by atoms with van der Waals surface area (Å²) in [7, 11) is 1.61. The fourth-order valence-electron chi connectivity index (χ4n) is 5.07. The van der Waals surface area contributed by atoms with Gasteiger partial charge in [0.1, 0.15) is 17.3 Å². The van der Waals surface area contributed by atoms with E-state index in [-0.39, 0.29) is 0 Å². The molecule has 0 amide bonds. The fourth-order valence-corrected chi connectivity index (χ4v) is 5.07. The Labute approximate surface area is 246 Å². The Morgan fingerprint density at radius 2 is 1.21 bits per heavy atom. The van der Waals surface area contributed by atoms with Gasteiger partial charge >= 0.3 is 11.9 Å². The standard InChI is InChI=1S/C36H33NO5/c1-36(2)32(42-35(39)29-17-11-6-12-18-29)25-37(23-26-13-7-4-8-14-26)24-31(41-34(38)28-15-9-5-10-16-28)33(36)27-19-21-30(40-3)22-20-27/h4-22,24-25,33H,23H2,1-3H3. The number of benzene rings is 4. The van der Waals surface area contributed by atoms with Crippen molar-refractivity contribution in [3.8, 4) is 5.75 Å². The molecule has 0 spiro atoms. The van der Waals surface area contributed by atoms with Crippen molar-refractivity contribution >= 4 is 11.9 Å². The Morgan fingerprint density at radius 1 is 0.690 bits per heavy atom. The summed E-state index contributed by atoms with van der Waals surface area (Å²) in [6.45, 7) is 4.44. The summed E-state index contributed by atoms with van der Waals surface area (Å²) in [6.07, 6.45) is 3.65. The first-order valence-electron chi connectivity index (χ1n) is 13.8. The lowest BCUT2D eigenvalue weighted by atomic mass is 9.72. The van der Waals surface area contributed by atoms with Crippen LogP contribution in [0.2, 0.25) is 0 Å². The molecule has 4 aromatic carbocycles. The van der Waals surface area contributed by atoms with Gasteiger partial charge in [-0.15, -0.1) is 0 Å². The van der Waals surface area contributed by atoms with E-state index in [2.05, 4.69) is 0 Å². The lowest BCUT2D eigenvalue weighted by Gasteiger charge is -2.35. The van der Waals surface area contributed by atoms with Crippen LogP contribution in [0.25, 0.3) is 0 Å². The van der Waals surface area contributed by atoms with Crippen LogP contribution in [0, 0.1) is 5.41 Å². The molecule has 4 aromatic rings. The summed E-state index contributed by atoms with van der Waals surface area (Å²) in [5.41, 5.74) is 1.96. The van der Waals surface area contributed by atoms with E-state index in [1.807, 2.05) is 97.9 Å². The highest BCUT2D eigenvalue weighted by Crippen LogP contribution is 2.49. The maximum Gasteiger partial charge on any atom is 0.343 e. The zero-order valence-corrected chi connectivity index (χ0v) is 23.9. The van der Waals surface area contributed by atoms with E-state index < -0.39 is 23.3 Å². The van der Waals surface area contributed by atoms with Gasteiger partial charge in [-0.3, -0.25) is 0 Å². The van der Waals surface area contributed by atoms with Crippen LogP contribution >= 0.6 is 0 Å². The van der Waals surface area contributed by atoms with E-state index in [9.17, 15) is 9.59 Å². The molecule has 1 heterocycles. The number of carbonyl (C=O) groups is 2. The molecule has 1 aliphatic rings. The summed E-state index contributed by atoms with van der Waals surface area (Å²) in [4.78, 5) is 28.7. The quantitative estimate of drug-likeness (QED) is 0.206. The Morgan fingerprint density at radius 3 is 1.76 bits per heavy atom. The number of rotatable bonds is 8. The highest BCUT2D eigenvalue weighted by atomic mass is 16.5. The second kappa shape index (κ2) is 12.6. The highest BCUT2D eigenvalue weighted by Gasteiger charge is 2.43. The van der Waals surface area contributed by atoms with Gasteiger partial charge in [-0.25, -0.2) is 9.59 Å². The first kappa shape index (κ1) is 28.4. The third-order valence-electron chi connectivity index (χ3n) is 7.31. The maximum atomic E-state index is 13.4. The van der Waals surface area contributed by atoms with E-state index in [4.69, 9.17) is 14.2 Å². The molecule has 42 heavy (non-hydrogen) atoms. The largest absolute Gasteiger partial charge is 0.497 e. The number of ether oxygens (including phenoxy) is 3. The van der Waals surface area contributed by atoms with Crippen molar-refractivity contribution in [2.24, 2.45) is 5.41 Å². The zero-order valence-electron chi connectivity index (χ0n) is 23.9. The van der Waals surface area contributed by atoms with Crippen molar-refractivity contribution in [2.45, 2.75) is 26.3 Å². The predicted octanol–water partition coefficient (Wildman–Crippen LogP) is 7.72. The summed E-state index contributed by atoms with van der Waals surface area (Å²) >= 11 is 0. The van der Waals surface area contributed by atoms with Crippen LogP contribution in [0.4, 0.5) is 0 Å². The van der Waals surface area contributed by atoms with Crippen LogP contribution in [0.1, 0.15) is 51.6 Å². The number of hydrogen-bond acceptors (Lipinski definition) is 6. The first-order chi connectivity index (χ1) is 20.3. The normalized spacial score (nSPS) is 16.0. The van der Waals surface area contributed by atoms with Crippen molar-refractivity contribution in [1.29, 1.82) is 0 Å². The Balaban J connectivity index is 1.62. The molecule has 0 fully saturated rings. The van der Waals surface area contributed by atoms with Gasteiger partial charge in [0.05, 0.1) is 24.2 Å². The van der Waals surface area contributed by atoms with E-state index in [0.717, 1.165) is 11.1 Å². The topological polar surface area (TPSA) is 65.1 Å². The molecule has 212 valence electrons. The molecule has 0 aromatic heterocycles. The van der Waals surface area contributed by atoms with Crippen molar-refractivity contribution in [3.05, 3.63) is 161 Å². The first-order valence-corrected chi connectivity index (χ1v) is 13.8. The number of nitrogens with zero attached hydrogens (tertiary/aromatic N) is 1. The minimum absolute atomic E-state index is 0.428. The van der Waals surface area contributed by atoms with Crippen molar-refractivity contribution in [3.63, 3.8) is 0 Å². The SMILES string of the molecule is COc1ccc(C2C(OC(=O)c3ccccc3)=CN(Cc3ccccc3)C=C(OC(=O)c3ccccc3)C2(C)C)cc1. The van der Waals surface area contributed by atoms with Gasteiger partial charge in [-0.05, 0) is 47.5 Å². The Hall–Kier alpha value is -5.10. The number of methoxy groups -OCH3 is 1. The molecule has 1 aliphatic heterocycles. The minimum atomic E-state index is -0.826. The Bertz CT molecular complexity index is 1580. The van der Waals surface area contributed by atoms with Crippen LogP contribution in [0.15, 0.2) is 139 Å². The predicted molar refractivity (Wildman–Crippen MR) is 161 cm³/mol. The summed E-state index contributed by atoms with van der Waals surface area (Å²) < 4.78 is 17.8. The van der Waals surface area contributed by atoms with E-state index in [1.165, 1.54) is 0 Å². The molecule has 0 radical (unpaired) electrons. The number of hydrogen-bond donors (Lipinski definition) is 0. The van der Waals surface area contributed by atoms with Gasteiger partial charge in [0.15, 0.2) is 0 Å². The molecule has 1 unspecified atom stereocenters. The summed E-state index contributed by atoms with van der Waals surface area (Å²) in [5.74, 6) is 0.140. The van der Waals surface area contributed by atoms with Crippen LogP contribution in [0.5, 0.6) is 5.75 Å². The molecular formula is C36H33NO5. The van der Waals surface area contributed by atoms with Crippen molar-refractivity contribution in [2.75, 3.05) is 7.11 Å². The van der Waals surface area contributed by atoms with Gasteiger partial charge in [0.25, 0.3) is 0 Å². The maximum absolute atomic E-state index is 13.4. The molecule has 0 N–H and O–H groups in total. The van der Waals surface area contributed by atoms with Gasteiger partial charge in [-0.2, -0.15) is 0 Å². The summed E-state index contributed by atoms with van der Waals surface area (Å²) in [6, 6.07) is 35.3. The molecule has 5 rings (SSSR count). The molecule has 6 heteroatoms. The molecule has 0 saturated heterocycles. The van der Waals surface area contributed by atoms with Gasteiger partial charge in [0, 0.05) is 24.4 Å². The highest BCUT2D eigenvalue weighted by molar-refractivity contribution is 5.90. The molecule has 0 aliphatic carbocycles. The van der Waals surface area contributed by atoms with Crippen LogP contribution in [-0.2, 0) is 16.0 Å². The van der Waals surface area contributed by atoms with Crippen molar-refractivity contribution in [1.82, 2.24) is 4.90 Å². The van der Waals surface area contributed by atoms with Crippen LogP contribution < -0.4 is 4.74 Å². The number of carbonyl (C=O) groups excluding carboxylic acids is 2. The van der Waals surface area contributed by atoms with E-state index in [1.54, 1.807) is 55.6 Å². The van der Waals surface area contributed by atoms with Crippen LogP contribution in [0.3, 0.4) is 0 Å². The molecule has 1 atom stereocenters. The number of esters is 2. The second-order valence-electron chi connectivity index (χ2n) is 10.6. The second-order valence-corrected chi connectivity index (χ2v) is 10.6. The minimum Gasteiger partial charge on any atom is -0.497 e. The third kappa shape index (κ3) is 6.44. The average molecular weight is 560 g/mol. The number of allylic oxidation sites excluding steroid dienone is 2. The Kier molecular flexibility index (Phi) is 8.53. The fraction of sp³-hybridized carbons (Fsp3) is 0.167. The van der Waals surface area contributed by atoms with Gasteiger partial charge in [0.2, 0.25) is 0 Å². The summed E-state index contributed by atoms with van der Waals surface area (Å²) in [5, 5.41) is 0. The lowest BCUT2D eigenvalue weighted by molar-refractivity contribution is 0.0470. The van der Waals surface area contributed by atoms with Crippen molar-refractivity contribution < 1.29 is 23.8 Å². The molecular weight excluding hydrogens is 526 g/mol. The smallest absolute Gasteiger partial charge is 0.343 e. The van der Waals surface area contributed by atoms with Crippen LogP contribution in [-0.4, -0.2) is 23.9 Å². The molecule has 6 nitrogen and oxygen atoms in total. The van der Waals surface area contributed by atoms with Gasteiger partial charge in [-0.1, -0.05) is 92.7 Å². The zero-order chi connectivity index (χ0) is 29.5. The van der Waals surface area contributed by atoms with E-state index in [0.29, 0.717) is 34.9 Å². The van der Waals surface area contributed by atoms with Gasteiger partial charge < -0.3 is 19.1 Å². The monoisotopic (exact) mass is 559 g/mol. The van der Waals surface area contributed by atoms with E-state index >= 15 is 0 Å². The third-order valence-corrected chi connectivity index (χ3v) is 7.31. The average Bonchev–Trinajstić information content (AvgIpc) is 3.11. The lowest BCUT2D eigenvalue weighted by Crippen LogP contribution is -2.29.